The molecule has 0 bridgehead atoms. The third-order valence-corrected chi connectivity index (χ3v) is 6.97. The topological polar surface area (TPSA) is 84.5 Å². The SMILES string of the molecule is CC(C)CCOc1ccccc1C(=O)Nc1ccc(S(=O)(=O)NC2CCCCC2)cc1. The molecule has 0 unspecified atom stereocenters. The minimum Gasteiger partial charge on any atom is -0.493 e. The van der Waals surface area contributed by atoms with Gasteiger partial charge in [-0.15, -0.1) is 0 Å². The number of hydrogen-bond donors (Lipinski definition) is 2. The largest absolute Gasteiger partial charge is 0.493 e. The molecule has 1 aliphatic rings. The lowest BCUT2D eigenvalue weighted by molar-refractivity contribution is 0.102. The van der Waals surface area contributed by atoms with Gasteiger partial charge in [0.15, 0.2) is 0 Å². The first-order valence-electron chi connectivity index (χ1n) is 11.0. The Balaban J connectivity index is 1.64. The Kier molecular flexibility index (Phi) is 8.09. The molecule has 168 valence electrons. The molecule has 31 heavy (non-hydrogen) atoms. The molecule has 1 fully saturated rings. The smallest absolute Gasteiger partial charge is 0.259 e. The fourth-order valence-electron chi connectivity index (χ4n) is 3.61. The van der Waals surface area contributed by atoms with Crippen molar-refractivity contribution in [2.24, 2.45) is 5.92 Å². The van der Waals surface area contributed by atoms with Gasteiger partial charge in [0.1, 0.15) is 5.75 Å². The van der Waals surface area contributed by atoms with Gasteiger partial charge < -0.3 is 10.1 Å². The summed E-state index contributed by atoms with van der Waals surface area (Å²) >= 11 is 0. The van der Waals surface area contributed by atoms with Crippen LogP contribution in [0.3, 0.4) is 0 Å². The van der Waals surface area contributed by atoms with Gasteiger partial charge in [-0.1, -0.05) is 45.2 Å². The van der Waals surface area contributed by atoms with E-state index in [0.29, 0.717) is 29.5 Å². The lowest BCUT2D eigenvalue weighted by Crippen LogP contribution is -2.36. The number of rotatable bonds is 9. The van der Waals surface area contributed by atoms with Crippen molar-refractivity contribution in [3.05, 3.63) is 54.1 Å². The Morgan fingerprint density at radius 2 is 1.71 bits per heavy atom. The van der Waals surface area contributed by atoms with E-state index in [2.05, 4.69) is 23.9 Å². The average Bonchev–Trinajstić information content (AvgIpc) is 2.74. The molecule has 7 heteroatoms. The Labute approximate surface area is 185 Å². The van der Waals surface area contributed by atoms with E-state index in [1.165, 1.54) is 18.6 Å². The van der Waals surface area contributed by atoms with Crippen molar-refractivity contribution in [3.63, 3.8) is 0 Å². The molecule has 0 spiro atoms. The third kappa shape index (κ3) is 6.80. The van der Waals surface area contributed by atoms with Crippen LogP contribution < -0.4 is 14.8 Å². The van der Waals surface area contributed by atoms with Crippen molar-refractivity contribution in [2.45, 2.75) is 63.3 Å². The van der Waals surface area contributed by atoms with Crippen LogP contribution in [0.2, 0.25) is 0 Å². The minimum atomic E-state index is -3.56. The number of para-hydroxylation sites is 1. The number of amides is 1. The first-order chi connectivity index (χ1) is 14.8. The van der Waals surface area contributed by atoms with E-state index >= 15 is 0 Å². The highest BCUT2D eigenvalue weighted by atomic mass is 32.2. The van der Waals surface area contributed by atoms with Gasteiger partial charge in [-0.2, -0.15) is 0 Å². The van der Waals surface area contributed by atoms with Crippen LogP contribution in [0.25, 0.3) is 0 Å². The molecule has 6 nitrogen and oxygen atoms in total. The van der Waals surface area contributed by atoms with Crippen molar-refractivity contribution < 1.29 is 17.9 Å². The van der Waals surface area contributed by atoms with Crippen LogP contribution in [-0.2, 0) is 10.0 Å². The first-order valence-corrected chi connectivity index (χ1v) is 12.5. The molecule has 1 saturated carbocycles. The molecule has 0 atom stereocenters. The maximum absolute atomic E-state index is 12.8. The number of nitrogens with one attached hydrogen (secondary N) is 2. The third-order valence-electron chi connectivity index (χ3n) is 5.43. The molecule has 2 N–H and O–H groups in total. The molecular formula is C24H32N2O4S. The maximum Gasteiger partial charge on any atom is 0.259 e. The lowest BCUT2D eigenvalue weighted by Gasteiger charge is -2.22. The van der Waals surface area contributed by atoms with Crippen molar-refractivity contribution in [3.8, 4) is 5.75 Å². The van der Waals surface area contributed by atoms with Gasteiger partial charge in [0.2, 0.25) is 10.0 Å². The van der Waals surface area contributed by atoms with Crippen molar-refractivity contribution >= 4 is 21.6 Å². The lowest BCUT2D eigenvalue weighted by atomic mass is 9.96. The van der Waals surface area contributed by atoms with Gasteiger partial charge in [0.05, 0.1) is 17.1 Å². The van der Waals surface area contributed by atoms with Gasteiger partial charge in [0, 0.05) is 11.7 Å². The van der Waals surface area contributed by atoms with E-state index in [4.69, 9.17) is 4.74 Å². The van der Waals surface area contributed by atoms with E-state index < -0.39 is 10.0 Å². The zero-order chi connectivity index (χ0) is 22.3. The Morgan fingerprint density at radius 3 is 2.39 bits per heavy atom. The summed E-state index contributed by atoms with van der Waals surface area (Å²) in [5.74, 6) is 0.760. The van der Waals surface area contributed by atoms with Crippen molar-refractivity contribution in [1.29, 1.82) is 0 Å². The number of anilines is 1. The molecule has 3 rings (SSSR count). The summed E-state index contributed by atoms with van der Waals surface area (Å²) in [6.07, 6.45) is 5.94. The second-order valence-electron chi connectivity index (χ2n) is 8.46. The molecule has 2 aromatic rings. The van der Waals surface area contributed by atoms with Crippen molar-refractivity contribution in [1.82, 2.24) is 4.72 Å². The van der Waals surface area contributed by atoms with Gasteiger partial charge in [-0.3, -0.25) is 4.79 Å². The highest BCUT2D eigenvalue weighted by molar-refractivity contribution is 7.89. The maximum atomic E-state index is 12.8. The summed E-state index contributed by atoms with van der Waals surface area (Å²) < 4.78 is 33.9. The minimum absolute atomic E-state index is 0.00493. The monoisotopic (exact) mass is 444 g/mol. The van der Waals surface area contributed by atoms with Crippen LogP contribution in [0.15, 0.2) is 53.4 Å². The molecule has 0 aromatic heterocycles. The molecule has 2 aromatic carbocycles. The summed E-state index contributed by atoms with van der Waals surface area (Å²) in [5.41, 5.74) is 0.973. The fourth-order valence-corrected chi connectivity index (χ4v) is 4.91. The average molecular weight is 445 g/mol. The summed E-state index contributed by atoms with van der Waals surface area (Å²) in [7, 11) is -3.56. The zero-order valence-electron chi connectivity index (χ0n) is 18.3. The second kappa shape index (κ2) is 10.8. The van der Waals surface area contributed by atoms with E-state index in [0.717, 1.165) is 32.1 Å². The summed E-state index contributed by atoms with van der Waals surface area (Å²) in [4.78, 5) is 13.0. The van der Waals surface area contributed by atoms with Gasteiger partial charge in [-0.05, 0) is 61.6 Å². The fraction of sp³-hybridized carbons (Fsp3) is 0.458. The van der Waals surface area contributed by atoms with Crippen LogP contribution in [0.5, 0.6) is 5.75 Å². The summed E-state index contributed by atoms with van der Waals surface area (Å²) in [6.45, 7) is 4.79. The van der Waals surface area contributed by atoms with E-state index in [1.807, 2.05) is 6.07 Å². The zero-order valence-corrected chi connectivity index (χ0v) is 19.1. The first kappa shape index (κ1) is 23.3. The molecule has 1 aliphatic carbocycles. The van der Waals surface area contributed by atoms with Crippen LogP contribution in [0, 0.1) is 5.92 Å². The molecule has 1 amide bonds. The van der Waals surface area contributed by atoms with Gasteiger partial charge in [0.25, 0.3) is 5.91 Å². The number of carbonyl (C=O) groups is 1. The van der Waals surface area contributed by atoms with Gasteiger partial charge >= 0.3 is 0 Å². The standard InChI is InChI=1S/C24H32N2O4S/c1-18(2)16-17-30-23-11-7-6-10-22(23)24(27)25-19-12-14-21(15-13-19)31(28,29)26-20-8-4-3-5-9-20/h6-7,10-15,18,20,26H,3-5,8-9,16-17H2,1-2H3,(H,25,27). The van der Waals surface area contributed by atoms with E-state index in [-0.39, 0.29) is 16.8 Å². The molecule has 0 saturated heterocycles. The second-order valence-corrected chi connectivity index (χ2v) is 10.2. The van der Waals surface area contributed by atoms with E-state index in [1.54, 1.807) is 30.3 Å². The highest BCUT2D eigenvalue weighted by Crippen LogP contribution is 2.23. The van der Waals surface area contributed by atoms with Crippen LogP contribution in [0.4, 0.5) is 5.69 Å². The molecule has 0 heterocycles. The van der Waals surface area contributed by atoms with E-state index in [9.17, 15) is 13.2 Å². The number of carbonyl (C=O) groups excluding carboxylic acids is 1. The number of sulfonamides is 1. The highest BCUT2D eigenvalue weighted by Gasteiger charge is 2.22. The van der Waals surface area contributed by atoms with Crippen LogP contribution in [0.1, 0.15) is 62.7 Å². The van der Waals surface area contributed by atoms with Crippen LogP contribution in [-0.4, -0.2) is 27.0 Å². The predicted octanol–water partition coefficient (Wildman–Crippen LogP) is 4.97. The molecular weight excluding hydrogens is 412 g/mol. The summed E-state index contributed by atoms with van der Waals surface area (Å²) in [5, 5.41) is 2.82. The Bertz CT molecular complexity index is 965. The number of benzene rings is 2. The van der Waals surface area contributed by atoms with Crippen molar-refractivity contribution in [2.75, 3.05) is 11.9 Å². The number of ether oxygens (including phenoxy) is 1. The molecule has 0 aliphatic heterocycles. The molecule has 0 radical (unpaired) electrons. The quantitative estimate of drug-likeness (QED) is 0.572. The normalized spacial score (nSPS) is 15.1. The number of hydrogen-bond acceptors (Lipinski definition) is 4. The van der Waals surface area contributed by atoms with Crippen LogP contribution >= 0.6 is 0 Å². The summed E-state index contributed by atoms with van der Waals surface area (Å²) in [6, 6.07) is 13.4. The Hall–Kier alpha value is -2.38. The predicted molar refractivity (Wildman–Crippen MR) is 123 cm³/mol. The van der Waals surface area contributed by atoms with Gasteiger partial charge in [-0.25, -0.2) is 13.1 Å². The Morgan fingerprint density at radius 1 is 1.03 bits per heavy atom.